The van der Waals surface area contributed by atoms with Crippen molar-refractivity contribution in [2.24, 2.45) is 0 Å². The Bertz CT molecular complexity index is 218. The molecule has 0 radical (unpaired) electrons. The van der Waals surface area contributed by atoms with Crippen molar-refractivity contribution in [1.29, 1.82) is 0 Å². The predicted octanol–water partition coefficient (Wildman–Crippen LogP) is 2.50. The van der Waals surface area contributed by atoms with Crippen LogP contribution in [0.2, 0.25) is 0 Å². The van der Waals surface area contributed by atoms with Crippen LogP contribution in [0.15, 0.2) is 24.3 Å². The number of aromatic hydroxyl groups is 1. The monoisotopic (exact) mass is 182 g/mol. The van der Waals surface area contributed by atoms with E-state index in [0.29, 0.717) is 5.75 Å². The summed E-state index contributed by atoms with van der Waals surface area (Å²) in [5, 5.41) is 10.4. The molecule has 0 aromatic heterocycles. The van der Waals surface area contributed by atoms with Gasteiger partial charge in [-0.25, -0.2) is 0 Å². The minimum Gasteiger partial charge on any atom is -0.508 e. The van der Waals surface area contributed by atoms with Crippen molar-refractivity contribution in [2.45, 2.75) is 19.8 Å². The van der Waals surface area contributed by atoms with E-state index in [-0.39, 0.29) is 0 Å². The number of hydrogen-bond donors (Lipinski definition) is 1. The lowest BCUT2D eigenvalue weighted by molar-refractivity contribution is 0.475. The highest BCUT2D eigenvalue weighted by Gasteiger charge is 1.92. The second-order valence-electron chi connectivity index (χ2n) is 2.83. The third-order valence-electron chi connectivity index (χ3n) is 1.73. The van der Waals surface area contributed by atoms with Gasteiger partial charge >= 0.3 is 0 Å². The summed E-state index contributed by atoms with van der Waals surface area (Å²) in [5.41, 5.74) is 0. The standard InChI is InChI=1S/C10H15OP/c1-2-3-8-12-10-6-4-9(11)5-7-10/h4-7,11-12H,2-3,8H2,1H3. The lowest BCUT2D eigenvalue weighted by atomic mass is 10.3. The van der Waals surface area contributed by atoms with Gasteiger partial charge in [0, 0.05) is 0 Å². The molecule has 1 N–H and O–H groups in total. The van der Waals surface area contributed by atoms with E-state index in [1.165, 1.54) is 24.3 Å². The van der Waals surface area contributed by atoms with Crippen molar-refractivity contribution >= 4 is 13.9 Å². The van der Waals surface area contributed by atoms with Gasteiger partial charge in [0.25, 0.3) is 0 Å². The largest absolute Gasteiger partial charge is 0.508 e. The average Bonchev–Trinajstić information content (AvgIpc) is 2.09. The molecule has 0 bridgehead atoms. The van der Waals surface area contributed by atoms with Crippen LogP contribution in [0.1, 0.15) is 19.8 Å². The van der Waals surface area contributed by atoms with Crippen LogP contribution in [0.3, 0.4) is 0 Å². The lowest BCUT2D eigenvalue weighted by Crippen LogP contribution is -1.93. The minimum absolute atomic E-state index is 0.360. The predicted molar refractivity (Wildman–Crippen MR) is 55.8 cm³/mol. The van der Waals surface area contributed by atoms with Gasteiger partial charge in [0.1, 0.15) is 5.75 Å². The Labute approximate surface area is 75.6 Å². The fraction of sp³-hybridized carbons (Fsp3) is 0.400. The molecule has 1 rings (SSSR count). The molecule has 12 heavy (non-hydrogen) atoms. The maximum absolute atomic E-state index is 9.03. The Morgan fingerprint density at radius 3 is 2.50 bits per heavy atom. The molecule has 2 heteroatoms. The summed E-state index contributed by atoms with van der Waals surface area (Å²) in [6, 6.07) is 7.52. The second-order valence-corrected chi connectivity index (χ2v) is 4.26. The molecular formula is C10H15OP. The zero-order valence-electron chi connectivity index (χ0n) is 7.38. The smallest absolute Gasteiger partial charge is 0.115 e. The van der Waals surface area contributed by atoms with Crippen LogP contribution >= 0.6 is 8.58 Å². The Morgan fingerprint density at radius 1 is 1.25 bits per heavy atom. The van der Waals surface area contributed by atoms with E-state index in [9.17, 15) is 0 Å². The molecule has 0 fully saturated rings. The highest BCUT2D eigenvalue weighted by atomic mass is 31.1. The topological polar surface area (TPSA) is 20.2 Å². The van der Waals surface area contributed by atoms with Crippen molar-refractivity contribution in [2.75, 3.05) is 6.16 Å². The van der Waals surface area contributed by atoms with E-state index >= 15 is 0 Å². The van der Waals surface area contributed by atoms with Crippen LogP contribution < -0.4 is 5.30 Å². The number of phenols is 1. The summed E-state index contributed by atoms with van der Waals surface area (Å²) in [4.78, 5) is 0. The highest BCUT2D eigenvalue weighted by Crippen LogP contribution is 2.14. The SMILES string of the molecule is CCCCPc1ccc(O)cc1. The molecular weight excluding hydrogens is 167 g/mol. The molecule has 0 amide bonds. The maximum atomic E-state index is 9.03. The zero-order valence-corrected chi connectivity index (χ0v) is 8.38. The van der Waals surface area contributed by atoms with Gasteiger partial charge in [-0.2, -0.15) is 0 Å². The van der Waals surface area contributed by atoms with Crippen molar-refractivity contribution in [1.82, 2.24) is 0 Å². The fourth-order valence-corrected chi connectivity index (χ4v) is 2.21. The van der Waals surface area contributed by atoms with Gasteiger partial charge in [0.05, 0.1) is 0 Å². The Balaban J connectivity index is 2.37. The first kappa shape index (κ1) is 9.54. The van der Waals surface area contributed by atoms with E-state index in [2.05, 4.69) is 6.92 Å². The van der Waals surface area contributed by atoms with E-state index in [1.807, 2.05) is 12.1 Å². The molecule has 0 heterocycles. The van der Waals surface area contributed by atoms with E-state index < -0.39 is 0 Å². The Hall–Kier alpha value is -0.550. The molecule has 0 saturated heterocycles. The molecule has 1 atom stereocenters. The highest BCUT2D eigenvalue weighted by molar-refractivity contribution is 7.47. The second kappa shape index (κ2) is 5.16. The van der Waals surface area contributed by atoms with Crippen LogP contribution in [0.5, 0.6) is 5.75 Å². The lowest BCUT2D eigenvalue weighted by Gasteiger charge is -2.00. The van der Waals surface area contributed by atoms with Crippen molar-refractivity contribution in [3.05, 3.63) is 24.3 Å². The fourth-order valence-electron chi connectivity index (χ4n) is 0.989. The van der Waals surface area contributed by atoms with Crippen molar-refractivity contribution in [3.8, 4) is 5.75 Å². The van der Waals surface area contributed by atoms with Gasteiger partial charge in [0.2, 0.25) is 0 Å². The summed E-state index contributed by atoms with van der Waals surface area (Å²) in [6.45, 7) is 2.21. The normalized spacial score (nSPS) is 11.1. The van der Waals surface area contributed by atoms with E-state index in [1.54, 1.807) is 12.1 Å². The Morgan fingerprint density at radius 2 is 1.92 bits per heavy atom. The number of phenolic OH excluding ortho intramolecular Hbond substituents is 1. The molecule has 66 valence electrons. The number of unbranched alkanes of at least 4 members (excludes halogenated alkanes) is 1. The third kappa shape index (κ3) is 3.23. The van der Waals surface area contributed by atoms with E-state index in [0.717, 1.165) is 8.58 Å². The molecule has 0 spiro atoms. The molecule has 1 aromatic carbocycles. The molecule has 1 nitrogen and oxygen atoms in total. The van der Waals surface area contributed by atoms with Gasteiger partial charge < -0.3 is 5.11 Å². The van der Waals surface area contributed by atoms with E-state index in [4.69, 9.17) is 5.11 Å². The first-order chi connectivity index (χ1) is 5.83. The first-order valence-electron chi connectivity index (χ1n) is 4.36. The summed E-state index contributed by atoms with van der Waals surface area (Å²) >= 11 is 0. The van der Waals surface area contributed by atoms with Crippen molar-refractivity contribution in [3.63, 3.8) is 0 Å². The molecule has 0 aliphatic carbocycles. The number of hydrogen-bond acceptors (Lipinski definition) is 1. The van der Waals surface area contributed by atoms with Gasteiger partial charge in [0.15, 0.2) is 0 Å². The van der Waals surface area contributed by atoms with Crippen LogP contribution in [-0.2, 0) is 0 Å². The van der Waals surface area contributed by atoms with Gasteiger partial charge in [-0.15, -0.1) is 0 Å². The molecule has 1 aromatic rings. The summed E-state index contributed by atoms with van der Waals surface area (Å²) in [6.07, 6.45) is 3.85. The quantitative estimate of drug-likeness (QED) is 0.560. The average molecular weight is 182 g/mol. The van der Waals surface area contributed by atoms with Crippen LogP contribution in [0.25, 0.3) is 0 Å². The Kier molecular flexibility index (Phi) is 4.10. The molecule has 0 saturated carbocycles. The molecule has 1 unspecified atom stereocenters. The van der Waals surface area contributed by atoms with Crippen LogP contribution in [0, 0.1) is 0 Å². The summed E-state index contributed by atoms with van der Waals surface area (Å²) in [7, 11) is 0.897. The summed E-state index contributed by atoms with van der Waals surface area (Å²) < 4.78 is 0. The summed E-state index contributed by atoms with van der Waals surface area (Å²) in [5.74, 6) is 0.360. The number of rotatable bonds is 4. The van der Waals surface area contributed by atoms with Gasteiger partial charge in [-0.1, -0.05) is 34.1 Å². The zero-order chi connectivity index (χ0) is 8.81. The number of benzene rings is 1. The molecule has 0 aliphatic heterocycles. The van der Waals surface area contributed by atoms with Crippen molar-refractivity contribution < 1.29 is 5.11 Å². The molecule has 0 aliphatic rings. The minimum atomic E-state index is 0.360. The van der Waals surface area contributed by atoms with Crippen LogP contribution in [0.4, 0.5) is 0 Å². The van der Waals surface area contributed by atoms with Gasteiger partial charge in [-0.3, -0.25) is 0 Å². The van der Waals surface area contributed by atoms with Crippen LogP contribution in [-0.4, -0.2) is 11.3 Å². The maximum Gasteiger partial charge on any atom is 0.115 e. The van der Waals surface area contributed by atoms with Gasteiger partial charge in [-0.05, 0) is 30.0 Å². The first-order valence-corrected chi connectivity index (χ1v) is 5.56. The third-order valence-corrected chi connectivity index (χ3v) is 3.07.